The molecular formula is C18H25N5OS. The van der Waals surface area contributed by atoms with Crippen LogP contribution in [-0.2, 0) is 10.2 Å². The highest BCUT2D eigenvalue weighted by molar-refractivity contribution is 8.00. The van der Waals surface area contributed by atoms with Gasteiger partial charge in [-0.05, 0) is 17.9 Å². The number of thioether (sulfide) groups is 1. The van der Waals surface area contributed by atoms with Gasteiger partial charge in [-0.3, -0.25) is 4.79 Å². The highest BCUT2D eigenvalue weighted by Gasteiger charge is 2.20. The number of rotatable bonds is 6. The Bertz CT molecular complexity index is 746. The van der Waals surface area contributed by atoms with E-state index in [9.17, 15) is 4.79 Å². The summed E-state index contributed by atoms with van der Waals surface area (Å²) in [4.78, 5) is 11.9. The fourth-order valence-electron chi connectivity index (χ4n) is 2.20. The third-order valence-corrected chi connectivity index (χ3v) is 4.80. The highest BCUT2D eigenvalue weighted by atomic mass is 32.2. The summed E-state index contributed by atoms with van der Waals surface area (Å²) in [5, 5.41) is 11.2. The Hall–Kier alpha value is -2.28. The van der Waals surface area contributed by atoms with E-state index in [1.165, 1.54) is 22.0 Å². The Labute approximate surface area is 152 Å². The SMILES string of the molecule is C=CCNC(=O)[C@H](C)Sc1nnc(-c2ccc(C(C)(C)C)cc2)n1N. The number of hydrogen-bond donors (Lipinski definition) is 2. The van der Waals surface area contributed by atoms with Crippen LogP contribution in [0.25, 0.3) is 11.4 Å². The Morgan fingerprint density at radius 2 is 2.00 bits per heavy atom. The van der Waals surface area contributed by atoms with E-state index in [-0.39, 0.29) is 16.6 Å². The van der Waals surface area contributed by atoms with Crippen LogP contribution in [0.15, 0.2) is 42.1 Å². The van der Waals surface area contributed by atoms with Crippen LogP contribution in [0.1, 0.15) is 33.3 Å². The lowest BCUT2D eigenvalue weighted by Gasteiger charge is -2.19. The van der Waals surface area contributed by atoms with Crippen molar-refractivity contribution in [2.24, 2.45) is 0 Å². The van der Waals surface area contributed by atoms with Gasteiger partial charge in [0.05, 0.1) is 5.25 Å². The number of carbonyl (C=O) groups is 1. The molecule has 0 saturated carbocycles. The smallest absolute Gasteiger partial charge is 0.233 e. The molecule has 0 aliphatic rings. The molecule has 0 fully saturated rings. The Kier molecular flexibility index (Phi) is 5.89. The van der Waals surface area contributed by atoms with Crippen LogP contribution in [0.4, 0.5) is 0 Å². The molecule has 1 amide bonds. The second kappa shape index (κ2) is 7.74. The average molecular weight is 359 g/mol. The molecule has 0 aliphatic heterocycles. The van der Waals surface area contributed by atoms with Crippen molar-refractivity contribution in [1.29, 1.82) is 0 Å². The summed E-state index contributed by atoms with van der Waals surface area (Å²) in [5.74, 6) is 6.61. The molecule has 0 spiro atoms. The number of carbonyl (C=O) groups excluding carboxylic acids is 1. The van der Waals surface area contributed by atoms with Gasteiger partial charge in [0.25, 0.3) is 0 Å². The topological polar surface area (TPSA) is 85.8 Å². The van der Waals surface area contributed by atoms with Gasteiger partial charge in [-0.1, -0.05) is 62.9 Å². The van der Waals surface area contributed by atoms with Crippen LogP contribution < -0.4 is 11.2 Å². The fourth-order valence-corrected chi connectivity index (χ4v) is 3.00. The summed E-state index contributed by atoms with van der Waals surface area (Å²) in [6.45, 7) is 12.3. The average Bonchev–Trinajstić information content (AvgIpc) is 2.92. The molecule has 1 aromatic heterocycles. The number of amides is 1. The largest absolute Gasteiger partial charge is 0.352 e. The Morgan fingerprint density at radius 1 is 1.36 bits per heavy atom. The molecule has 0 bridgehead atoms. The molecule has 2 rings (SSSR count). The van der Waals surface area contributed by atoms with Crippen molar-refractivity contribution in [2.75, 3.05) is 12.4 Å². The maximum atomic E-state index is 11.9. The maximum absolute atomic E-state index is 11.9. The summed E-state index contributed by atoms with van der Waals surface area (Å²) in [6.07, 6.45) is 1.64. The first-order chi connectivity index (χ1) is 11.7. The molecule has 0 aliphatic carbocycles. The van der Waals surface area contributed by atoms with Crippen LogP contribution in [0, 0.1) is 0 Å². The Balaban J connectivity index is 2.15. The number of benzene rings is 1. The second-order valence-corrected chi connectivity index (χ2v) is 8.11. The van der Waals surface area contributed by atoms with Gasteiger partial charge in [0, 0.05) is 12.1 Å². The first kappa shape index (κ1) is 19.1. The van der Waals surface area contributed by atoms with Crippen LogP contribution >= 0.6 is 11.8 Å². The minimum atomic E-state index is -0.331. The van der Waals surface area contributed by atoms with Crippen molar-refractivity contribution in [2.45, 2.75) is 43.5 Å². The summed E-state index contributed by atoms with van der Waals surface area (Å²) >= 11 is 1.27. The van der Waals surface area contributed by atoms with Crippen LogP contribution in [0.3, 0.4) is 0 Å². The molecule has 0 unspecified atom stereocenters. The molecule has 0 radical (unpaired) electrons. The third-order valence-electron chi connectivity index (χ3n) is 3.75. The van der Waals surface area contributed by atoms with E-state index >= 15 is 0 Å². The normalized spacial score (nSPS) is 12.6. The van der Waals surface area contributed by atoms with E-state index in [2.05, 4.69) is 55.0 Å². The van der Waals surface area contributed by atoms with Gasteiger partial charge >= 0.3 is 0 Å². The standard InChI is InChI=1S/C18H25N5OS/c1-6-11-20-16(24)12(2)25-17-22-21-15(23(17)19)13-7-9-14(10-8-13)18(3,4)5/h6-10,12H,1,11,19H2,2-5H3,(H,20,24)/t12-/m0/s1. The molecule has 6 nitrogen and oxygen atoms in total. The molecule has 1 atom stereocenters. The zero-order valence-corrected chi connectivity index (χ0v) is 15.9. The van der Waals surface area contributed by atoms with Gasteiger partial charge in [-0.2, -0.15) is 0 Å². The molecule has 0 saturated heterocycles. The van der Waals surface area contributed by atoms with Crippen LogP contribution in [0.2, 0.25) is 0 Å². The molecule has 2 aromatic rings. The molecule has 1 aromatic carbocycles. The van der Waals surface area contributed by atoms with Crippen molar-refractivity contribution in [1.82, 2.24) is 20.2 Å². The van der Waals surface area contributed by atoms with E-state index in [0.717, 1.165) is 5.56 Å². The van der Waals surface area contributed by atoms with E-state index in [1.54, 1.807) is 13.0 Å². The molecule has 25 heavy (non-hydrogen) atoms. The van der Waals surface area contributed by atoms with Crippen molar-refractivity contribution in [3.05, 3.63) is 42.5 Å². The molecular weight excluding hydrogens is 334 g/mol. The molecule has 134 valence electrons. The first-order valence-electron chi connectivity index (χ1n) is 8.10. The number of aromatic nitrogens is 3. The number of nitrogens with two attached hydrogens (primary N) is 1. The quantitative estimate of drug-likeness (QED) is 0.470. The number of nitrogens with zero attached hydrogens (tertiary/aromatic N) is 3. The third kappa shape index (κ3) is 4.63. The minimum absolute atomic E-state index is 0.0875. The lowest BCUT2D eigenvalue weighted by atomic mass is 9.87. The van der Waals surface area contributed by atoms with Crippen molar-refractivity contribution >= 4 is 17.7 Å². The number of nitrogen functional groups attached to an aromatic ring is 1. The van der Waals surface area contributed by atoms with Crippen molar-refractivity contribution in [3.63, 3.8) is 0 Å². The van der Waals surface area contributed by atoms with Gasteiger partial charge < -0.3 is 11.2 Å². The second-order valence-electron chi connectivity index (χ2n) is 6.80. The molecule has 1 heterocycles. The van der Waals surface area contributed by atoms with Crippen LogP contribution in [-0.4, -0.2) is 32.6 Å². The monoisotopic (exact) mass is 359 g/mol. The molecule has 7 heteroatoms. The van der Waals surface area contributed by atoms with Gasteiger partial charge in [0.15, 0.2) is 5.82 Å². The lowest BCUT2D eigenvalue weighted by Crippen LogP contribution is -2.31. The predicted molar refractivity (Wildman–Crippen MR) is 103 cm³/mol. The van der Waals surface area contributed by atoms with Gasteiger partial charge in [0.1, 0.15) is 0 Å². The van der Waals surface area contributed by atoms with E-state index in [4.69, 9.17) is 5.84 Å². The van der Waals surface area contributed by atoms with E-state index in [0.29, 0.717) is 17.5 Å². The number of nitrogens with one attached hydrogen (secondary N) is 1. The summed E-state index contributed by atoms with van der Waals surface area (Å²) in [7, 11) is 0. The van der Waals surface area contributed by atoms with E-state index in [1.807, 2.05) is 12.1 Å². The molecule has 3 N–H and O–H groups in total. The summed E-state index contributed by atoms with van der Waals surface area (Å²) < 4.78 is 1.42. The fraction of sp³-hybridized carbons (Fsp3) is 0.389. The van der Waals surface area contributed by atoms with Gasteiger partial charge in [0.2, 0.25) is 11.1 Å². The summed E-state index contributed by atoms with van der Waals surface area (Å²) in [6, 6.07) is 8.12. The first-order valence-corrected chi connectivity index (χ1v) is 8.98. The lowest BCUT2D eigenvalue weighted by molar-refractivity contribution is -0.120. The zero-order chi connectivity index (χ0) is 18.6. The Morgan fingerprint density at radius 3 is 2.56 bits per heavy atom. The predicted octanol–water partition coefficient (Wildman–Crippen LogP) is 2.74. The number of hydrogen-bond acceptors (Lipinski definition) is 5. The van der Waals surface area contributed by atoms with Gasteiger partial charge in [-0.25, -0.2) is 4.68 Å². The summed E-state index contributed by atoms with van der Waals surface area (Å²) in [5.41, 5.74) is 2.21. The van der Waals surface area contributed by atoms with E-state index < -0.39 is 0 Å². The highest BCUT2D eigenvalue weighted by Crippen LogP contribution is 2.27. The van der Waals surface area contributed by atoms with Crippen LogP contribution in [0.5, 0.6) is 0 Å². The maximum Gasteiger partial charge on any atom is 0.233 e. The van der Waals surface area contributed by atoms with Crippen molar-refractivity contribution < 1.29 is 4.79 Å². The van der Waals surface area contributed by atoms with Crippen molar-refractivity contribution in [3.8, 4) is 11.4 Å². The zero-order valence-electron chi connectivity index (χ0n) is 15.1. The van der Waals surface area contributed by atoms with Gasteiger partial charge in [-0.15, -0.1) is 16.8 Å². The minimum Gasteiger partial charge on any atom is -0.352 e.